The number of hydrogen-bond acceptors (Lipinski definition) is 5. The summed E-state index contributed by atoms with van der Waals surface area (Å²) in [5, 5.41) is 7.22. The molecule has 1 unspecified atom stereocenters. The van der Waals surface area contributed by atoms with Crippen molar-refractivity contribution in [1.82, 2.24) is 14.9 Å². The van der Waals surface area contributed by atoms with Crippen LogP contribution in [-0.4, -0.2) is 41.3 Å². The summed E-state index contributed by atoms with van der Waals surface area (Å²) in [5.74, 6) is -1.46. The molecule has 7 nitrogen and oxygen atoms in total. The van der Waals surface area contributed by atoms with E-state index >= 15 is 0 Å². The molecule has 0 saturated heterocycles. The van der Waals surface area contributed by atoms with E-state index in [9.17, 15) is 13.6 Å². The van der Waals surface area contributed by atoms with Gasteiger partial charge in [-0.05, 0) is 44.5 Å². The first kappa shape index (κ1) is 22.6. The van der Waals surface area contributed by atoms with E-state index in [1.165, 1.54) is 22.7 Å². The van der Waals surface area contributed by atoms with Gasteiger partial charge in [0.05, 0.1) is 34.5 Å². The van der Waals surface area contributed by atoms with Crippen molar-refractivity contribution < 1.29 is 23.0 Å². The van der Waals surface area contributed by atoms with Gasteiger partial charge in [-0.2, -0.15) is 9.61 Å². The van der Waals surface area contributed by atoms with Gasteiger partial charge in [-0.3, -0.25) is 4.79 Å². The number of benzene rings is 1. The normalized spacial score (nSPS) is 13.3. The van der Waals surface area contributed by atoms with Crippen LogP contribution in [0.5, 0.6) is 5.88 Å². The third kappa shape index (κ3) is 5.00. The Morgan fingerprint density at radius 3 is 2.58 bits per heavy atom. The van der Waals surface area contributed by atoms with Gasteiger partial charge >= 0.3 is 0 Å². The van der Waals surface area contributed by atoms with Gasteiger partial charge in [0.15, 0.2) is 0 Å². The van der Waals surface area contributed by atoms with Crippen molar-refractivity contribution in [3.63, 3.8) is 0 Å². The Morgan fingerprint density at radius 2 is 1.94 bits per heavy atom. The van der Waals surface area contributed by atoms with Gasteiger partial charge in [-0.15, -0.1) is 0 Å². The van der Waals surface area contributed by atoms with Crippen LogP contribution in [0, 0.1) is 25.5 Å². The minimum Gasteiger partial charge on any atom is -0.473 e. The second-order valence-electron chi connectivity index (χ2n) is 7.89. The van der Waals surface area contributed by atoms with Gasteiger partial charge < -0.3 is 20.5 Å². The van der Waals surface area contributed by atoms with Gasteiger partial charge in [0.1, 0.15) is 18.2 Å². The minimum atomic E-state index is -0.727. The Bertz CT molecular complexity index is 1090. The molecular weight excluding hydrogens is 406 g/mol. The van der Waals surface area contributed by atoms with E-state index in [-0.39, 0.29) is 37.1 Å². The van der Waals surface area contributed by atoms with Gasteiger partial charge in [0.25, 0.3) is 5.91 Å². The molecule has 31 heavy (non-hydrogen) atoms. The molecule has 3 aromatic rings. The summed E-state index contributed by atoms with van der Waals surface area (Å²) in [6.07, 6.45) is 0. The highest BCUT2D eigenvalue weighted by Gasteiger charge is 2.24. The van der Waals surface area contributed by atoms with Crippen LogP contribution < -0.4 is 15.8 Å². The Morgan fingerprint density at radius 1 is 1.26 bits per heavy atom. The van der Waals surface area contributed by atoms with E-state index in [0.29, 0.717) is 16.8 Å². The van der Waals surface area contributed by atoms with Crippen LogP contribution in [0.2, 0.25) is 0 Å². The van der Waals surface area contributed by atoms with Crippen LogP contribution in [0.25, 0.3) is 5.52 Å². The Labute approximate surface area is 179 Å². The number of amides is 1. The van der Waals surface area contributed by atoms with Gasteiger partial charge in [-0.1, -0.05) is 6.07 Å². The highest BCUT2D eigenvalue weighted by molar-refractivity contribution is 6.02. The largest absolute Gasteiger partial charge is 0.473 e. The van der Waals surface area contributed by atoms with Crippen molar-refractivity contribution in [3.8, 4) is 5.88 Å². The number of nitrogens with two attached hydrogens (primary N) is 1. The number of aromatic nitrogens is 2. The van der Waals surface area contributed by atoms with E-state index in [4.69, 9.17) is 15.2 Å². The number of hydrogen-bond donors (Lipinski definition) is 2. The molecule has 0 aliphatic heterocycles. The lowest BCUT2D eigenvalue weighted by Crippen LogP contribution is -2.51. The fourth-order valence-corrected chi connectivity index (χ4v) is 3.31. The van der Waals surface area contributed by atoms with E-state index in [0.717, 1.165) is 5.56 Å². The van der Waals surface area contributed by atoms with Crippen LogP contribution >= 0.6 is 0 Å². The molecule has 0 aliphatic carbocycles. The predicted molar refractivity (Wildman–Crippen MR) is 112 cm³/mol. The number of ether oxygens (including phenoxy) is 2. The Hall–Kier alpha value is -3.04. The first-order valence-corrected chi connectivity index (χ1v) is 9.74. The van der Waals surface area contributed by atoms with Crippen molar-refractivity contribution in [3.05, 3.63) is 64.4 Å². The molecule has 1 aromatic carbocycles. The molecule has 9 heteroatoms. The highest BCUT2D eigenvalue weighted by Crippen LogP contribution is 2.25. The standard InChI is InChI=1S/C22H26F2N4O3/c1-13-8-18-20(21(29)26-11-22(3,25)12-30-4)14(2)27-28(18)19(9-13)31-10-15-16(23)6-5-7-17(15)24/h5-9H,10-12,25H2,1-4H3,(H,26,29). The lowest BCUT2D eigenvalue weighted by molar-refractivity contribution is 0.0921. The smallest absolute Gasteiger partial charge is 0.255 e. The number of carbonyl (C=O) groups excluding carboxylic acids is 1. The summed E-state index contributed by atoms with van der Waals surface area (Å²) < 4.78 is 40.1. The predicted octanol–water partition coefficient (Wildman–Crippen LogP) is 2.90. The van der Waals surface area contributed by atoms with E-state index < -0.39 is 17.2 Å². The van der Waals surface area contributed by atoms with Gasteiger partial charge in [0.2, 0.25) is 5.88 Å². The number of aryl methyl sites for hydroxylation is 2. The number of fused-ring (bicyclic) bond motifs is 1. The van der Waals surface area contributed by atoms with Crippen molar-refractivity contribution in [1.29, 1.82) is 0 Å². The summed E-state index contributed by atoms with van der Waals surface area (Å²) in [5.41, 5.74) is 7.37. The first-order valence-electron chi connectivity index (χ1n) is 9.74. The van der Waals surface area contributed by atoms with Gasteiger partial charge in [-0.25, -0.2) is 8.78 Å². The number of nitrogens with zero attached hydrogens (tertiary/aromatic N) is 2. The fraction of sp³-hybridized carbons (Fsp3) is 0.364. The second-order valence-corrected chi connectivity index (χ2v) is 7.89. The molecule has 0 aliphatic rings. The van der Waals surface area contributed by atoms with Crippen molar-refractivity contribution in [2.24, 2.45) is 5.73 Å². The quantitative estimate of drug-likeness (QED) is 0.571. The maximum absolute atomic E-state index is 13.9. The monoisotopic (exact) mass is 432 g/mol. The summed E-state index contributed by atoms with van der Waals surface area (Å²) in [4.78, 5) is 12.9. The van der Waals surface area contributed by atoms with Crippen LogP contribution in [0.3, 0.4) is 0 Å². The number of carbonyl (C=O) groups is 1. The van der Waals surface area contributed by atoms with Crippen LogP contribution in [-0.2, 0) is 11.3 Å². The maximum atomic E-state index is 13.9. The molecule has 0 saturated carbocycles. The van der Waals surface area contributed by atoms with Crippen molar-refractivity contribution in [2.45, 2.75) is 32.9 Å². The topological polar surface area (TPSA) is 90.9 Å². The molecule has 3 rings (SSSR count). The molecule has 0 bridgehead atoms. The van der Waals surface area contributed by atoms with Crippen molar-refractivity contribution in [2.75, 3.05) is 20.3 Å². The molecular formula is C22H26F2N4O3. The number of halogens is 2. The first-order chi connectivity index (χ1) is 14.6. The lowest BCUT2D eigenvalue weighted by atomic mass is 10.1. The average molecular weight is 432 g/mol. The minimum absolute atomic E-state index is 0.181. The van der Waals surface area contributed by atoms with Crippen molar-refractivity contribution >= 4 is 11.4 Å². The molecule has 0 fully saturated rings. The summed E-state index contributed by atoms with van der Waals surface area (Å²) in [7, 11) is 1.54. The van der Waals surface area contributed by atoms with E-state index in [1.807, 2.05) is 6.92 Å². The molecule has 0 spiro atoms. The van der Waals surface area contributed by atoms with Gasteiger partial charge in [0, 0.05) is 19.7 Å². The number of nitrogens with one attached hydrogen (secondary N) is 1. The third-order valence-corrected chi connectivity index (χ3v) is 4.80. The fourth-order valence-electron chi connectivity index (χ4n) is 3.31. The number of rotatable bonds is 8. The second kappa shape index (κ2) is 8.99. The number of methoxy groups -OCH3 is 1. The van der Waals surface area contributed by atoms with Crippen LogP contribution in [0.4, 0.5) is 8.78 Å². The molecule has 1 atom stereocenters. The average Bonchev–Trinajstić information content (AvgIpc) is 3.01. The Balaban J connectivity index is 1.90. The Kier molecular flexibility index (Phi) is 6.56. The summed E-state index contributed by atoms with van der Waals surface area (Å²) >= 11 is 0. The zero-order valence-corrected chi connectivity index (χ0v) is 18.0. The highest BCUT2D eigenvalue weighted by atomic mass is 19.1. The molecule has 0 radical (unpaired) electrons. The van der Waals surface area contributed by atoms with Crippen LogP contribution in [0.1, 0.15) is 34.1 Å². The maximum Gasteiger partial charge on any atom is 0.255 e. The molecule has 2 aromatic heterocycles. The zero-order chi connectivity index (χ0) is 22.8. The third-order valence-electron chi connectivity index (χ3n) is 4.80. The molecule has 2 heterocycles. The SMILES string of the molecule is COCC(C)(N)CNC(=O)c1c(C)nn2c(OCc3c(F)cccc3F)cc(C)cc12. The van der Waals surface area contributed by atoms with E-state index in [2.05, 4.69) is 10.4 Å². The lowest BCUT2D eigenvalue weighted by Gasteiger charge is -2.23. The number of pyridine rings is 1. The molecule has 3 N–H and O–H groups in total. The molecule has 166 valence electrons. The van der Waals surface area contributed by atoms with Crippen LogP contribution in [0.15, 0.2) is 30.3 Å². The summed E-state index contributed by atoms with van der Waals surface area (Å²) in [6.45, 7) is 5.48. The molecule has 1 amide bonds. The summed E-state index contributed by atoms with van der Waals surface area (Å²) in [6, 6.07) is 7.11. The zero-order valence-electron chi connectivity index (χ0n) is 18.0. The van der Waals surface area contributed by atoms with E-state index in [1.54, 1.807) is 33.1 Å².